The Kier molecular flexibility index (Phi) is 7.23. The molecule has 160 valence electrons. The van der Waals surface area contributed by atoms with E-state index in [9.17, 15) is 9.59 Å². The Hall–Kier alpha value is -2.29. The summed E-state index contributed by atoms with van der Waals surface area (Å²) in [6, 6.07) is 5.49. The first-order valence-corrected chi connectivity index (χ1v) is 11.1. The van der Waals surface area contributed by atoms with Crippen LogP contribution < -0.4 is 10.5 Å². The van der Waals surface area contributed by atoms with Crippen LogP contribution in [0.2, 0.25) is 5.02 Å². The molecule has 3 rings (SSSR count). The van der Waals surface area contributed by atoms with Crippen LogP contribution in [0.5, 0.6) is 0 Å². The number of aryl methyl sites for hydroxylation is 1. The molecule has 0 fully saturated rings. The van der Waals surface area contributed by atoms with Crippen molar-refractivity contribution < 1.29 is 4.79 Å². The standard InChI is InChI=1S/C21H26ClN5O2S/c1-5-25(6-2)9-10-27(21-24-17-8-7-16(22)11-18(17)30-21)19(28)12-26-13-23-15(4)14(3)20(26)29/h7-8,11,13H,5-6,9-10,12H2,1-4H3. The Labute approximate surface area is 184 Å². The Morgan fingerprint density at radius 2 is 1.93 bits per heavy atom. The number of hydrogen-bond acceptors (Lipinski definition) is 6. The van der Waals surface area contributed by atoms with Gasteiger partial charge in [0.1, 0.15) is 6.54 Å². The van der Waals surface area contributed by atoms with E-state index in [1.807, 2.05) is 12.1 Å². The molecular formula is C21H26ClN5O2S. The largest absolute Gasteiger partial charge is 0.302 e. The number of thiazole rings is 1. The van der Waals surface area contributed by atoms with E-state index in [4.69, 9.17) is 11.6 Å². The van der Waals surface area contributed by atoms with Crippen LogP contribution in [0.15, 0.2) is 29.3 Å². The highest BCUT2D eigenvalue weighted by molar-refractivity contribution is 7.22. The highest BCUT2D eigenvalue weighted by atomic mass is 35.5. The fraction of sp³-hybridized carbons (Fsp3) is 0.429. The lowest BCUT2D eigenvalue weighted by Gasteiger charge is -2.25. The summed E-state index contributed by atoms with van der Waals surface area (Å²) in [7, 11) is 0. The second-order valence-corrected chi connectivity index (χ2v) is 8.51. The summed E-state index contributed by atoms with van der Waals surface area (Å²) in [6.45, 7) is 10.6. The molecule has 0 atom stereocenters. The molecule has 0 N–H and O–H groups in total. The highest BCUT2D eigenvalue weighted by Gasteiger charge is 2.21. The number of nitrogens with zero attached hydrogens (tertiary/aromatic N) is 5. The minimum atomic E-state index is -0.198. The summed E-state index contributed by atoms with van der Waals surface area (Å²) >= 11 is 7.53. The van der Waals surface area contributed by atoms with Crippen LogP contribution in [-0.2, 0) is 11.3 Å². The van der Waals surface area contributed by atoms with Crippen molar-refractivity contribution in [2.24, 2.45) is 0 Å². The Bertz CT molecular complexity index is 1110. The van der Waals surface area contributed by atoms with Gasteiger partial charge in [0.25, 0.3) is 5.56 Å². The van der Waals surface area contributed by atoms with Crippen LogP contribution in [0.25, 0.3) is 10.2 Å². The molecule has 1 aromatic carbocycles. The third kappa shape index (κ3) is 4.88. The number of hydrogen-bond donors (Lipinski definition) is 0. The fourth-order valence-corrected chi connectivity index (χ4v) is 4.41. The molecule has 1 amide bonds. The maximum Gasteiger partial charge on any atom is 0.256 e. The summed E-state index contributed by atoms with van der Waals surface area (Å²) in [6.07, 6.45) is 1.43. The van der Waals surface area contributed by atoms with Crippen molar-refractivity contribution in [2.45, 2.75) is 34.2 Å². The van der Waals surface area contributed by atoms with Crippen LogP contribution >= 0.6 is 22.9 Å². The summed E-state index contributed by atoms with van der Waals surface area (Å²) in [5.41, 5.74) is 1.82. The maximum absolute atomic E-state index is 13.3. The van der Waals surface area contributed by atoms with Crippen molar-refractivity contribution in [3.05, 3.63) is 51.2 Å². The van der Waals surface area contributed by atoms with Crippen molar-refractivity contribution in [2.75, 3.05) is 31.1 Å². The van der Waals surface area contributed by atoms with Crippen molar-refractivity contribution in [1.29, 1.82) is 0 Å². The topological polar surface area (TPSA) is 71.3 Å². The Balaban J connectivity index is 1.92. The van der Waals surface area contributed by atoms with E-state index in [2.05, 4.69) is 28.7 Å². The van der Waals surface area contributed by atoms with E-state index in [-0.39, 0.29) is 18.0 Å². The first kappa shape index (κ1) is 22.4. The highest BCUT2D eigenvalue weighted by Crippen LogP contribution is 2.31. The van der Waals surface area contributed by atoms with Crippen molar-refractivity contribution in [3.63, 3.8) is 0 Å². The van der Waals surface area contributed by atoms with Gasteiger partial charge in [-0.3, -0.25) is 19.1 Å². The van der Waals surface area contributed by atoms with Crippen molar-refractivity contribution in [3.8, 4) is 0 Å². The number of benzene rings is 1. The molecule has 0 aliphatic heterocycles. The Morgan fingerprint density at radius 3 is 2.63 bits per heavy atom. The van der Waals surface area contributed by atoms with Gasteiger partial charge in [-0.2, -0.15) is 0 Å². The fourth-order valence-electron chi connectivity index (χ4n) is 3.13. The van der Waals surface area contributed by atoms with Crippen LogP contribution in [0, 0.1) is 13.8 Å². The lowest BCUT2D eigenvalue weighted by atomic mass is 10.3. The number of anilines is 1. The van der Waals surface area contributed by atoms with E-state index in [0.717, 1.165) is 29.9 Å². The lowest BCUT2D eigenvalue weighted by molar-refractivity contribution is -0.119. The van der Waals surface area contributed by atoms with Crippen LogP contribution in [0.4, 0.5) is 5.13 Å². The maximum atomic E-state index is 13.3. The minimum absolute atomic E-state index is 0.0815. The number of amides is 1. The summed E-state index contributed by atoms with van der Waals surface area (Å²) in [4.78, 5) is 38.6. The van der Waals surface area contributed by atoms with Crippen LogP contribution in [0.3, 0.4) is 0 Å². The normalized spacial score (nSPS) is 11.4. The van der Waals surface area contributed by atoms with Crippen LogP contribution in [-0.4, -0.2) is 51.5 Å². The van der Waals surface area contributed by atoms with Gasteiger partial charge in [0.2, 0.25) is 5.91 Å². The molecule has 0 aliphatic rings. The monoisotopic (exact) mass is 447 g/mol. The van der Waals surface area contributed by atoms with E-state index < -0.39 is 0 Å². The van der Waals surface area contributed by atoms with E-state index in [0.29, 0.717) is 28.0 Å². The summed E-state index contributed by atoms with van der Waals surface area (Å²) in [5.74, 6) is -0.195. The molecule has 7 nitrogen and oxygen atoms in total. The van der Waals surface area contributed by atoms with E-state index in [1.54, 1.807) is 24.8 Å². The average molecular weight is 448 g/mol. The number of rotatable bonds is 8. The molecule has 30 heavy (non-hydrogen) atoms. The first-order chi connectivity index (χ1) is 14.3. The zero-order chi connectivity index (χ0) is 21.8. The summed E-state index contributed by atoms with van der Waals surface area (Å²) in [5, 5.41) is 1.24. The average Bonchev–Trinajstić information content (AvgIpc) is 3.14. The van der Waals surface area contributed by atoms with Gasteiger partial charge in [-0.25, -0.2) is 9.97 Å². The molecule has 2 aromatic heterocycles. The van der Waals surface area contributed by atoms with Gasteiger partial charge in [-0.1, -0.05) is 36.8 Å². The van der Waals surface area contributed by atoms with E-state index in [1.165, 1.54) is 22.2 Å². The SMILES string of the molecule is CCN(CC)CCN(C(=O)Cn1cnc(C)c(C)c1=O)c1nc2ccc(Cl)cc2s1. The molecule has 0 aliphatic carbocycles. The predicted octanol–water partition coefficient (Wildman–Crippen LogP) is 3.50. The third-order valence-corrected chi connectivity index (χ3v) is 6.50. The third-order valence-electron chi connectivity index (χ3n) is 5.23. The Morgan fingerprint density at radius 1 is 1.20 bits per heavy atom. The van der Waals surface area contributed by atoms with Gasteiger partial charge in [0, 0.05) is 29.4 Å². The van der Waals surface area contributed by atoms with Crippen molar-refractivity contribution in [1.82, 2.24) is 19.4 Å². The van der Waals surface area contributed by atoms with Gasteiger partial charge in [0.15, 0.2) is 5.13 Å². The number of carbonyl (C=O) groups excluding carboxylic acids is 1. The molecule has 3 aromatic rings. The first-order valence-electron chi connectivity index (χ1n) is 9.95. The molecule has 0 radical (unpaired) electrons. The predicted molar refractivity (Wildman–Crippen MR) is 123 cm³/mol. The molecule has 2 heterocycles. The van der Waals surface area contributed by atoms with E-state index >= 15 is 0 Å². The van der Waals surface area contributed by atoms with Gasteiger partial charge < -0.3 is 4.90 Å². The molecule has 0 saturated carbocycles. The molecule has 0 spiro atoms. The van der Waals surface area contributed by atoms with Gasteiger partial charge in [-0.05, 0) is 45.1 Å². The van der Waals surface area contributed by atoms with Gasteiger partial charge in [0.05, 0.1) is 16.5 Å². The smallest absolute Gasteiger partial charge is 0.256 e. The second-order valence-electron chi connectivity index (χ2n) is 7.07. The molecule has 0 saturated heterocycles. The molecule has 0 unspecified atom stereocenters. The van der Waals surface area contributed by atoms with Gasteiger partial charge in [-0.15, -0.1) is 0 Å². The summed E-state index contributed by atoms with van der Waals surface area (Å²) < 4.78 is 2.28. The minimum Gasteiger partial charge on any atom is -0.302 e. The van der Waals surface area contributed by atoms with Gasteiger partial charge >= 0.3 is 0 Å². The number of fused-ring (bicyclic) bond motifs is 1. The second kappa shape index (κ2) is 9.68. The number of carbonyl (C=O) groups is 1. The van der Waals surface area contributed by atoms with Crippen molar-refractivity contribution >= 4 is 44.2 Å². The zero-order valence-corrected chi connectivity index (χ0v) is 19.3. The molecule has 9 heteroatoms. The zero-order valence-electron chi connectivity index (χ0n) is 17.7. The van der Waals surface area contributed by atoms with Crippen LogP contribution in [0.1, 0.15) is 25.1 Å². The number of aromatic nitrogens is 3. The molecule has 0 bridgehead atoms. The lowest BCUT2D eigenvalue weighted by Crippen LogP contribution is -2.41. The quantitative estimate of drug-likeness (QED) is 0.528. The molecular weight excluding hydrogens is 422 g/mol. The number of halogens is 1. The number of likely N-dealkylation sites (N-methyl/N-ethyl adjacent to an activating group) is 1.